The smallest absolute Gasteiger partial charge is 0.145 e. The van der Waals surface area contributed by atoms with Crippen LogP contribution in [-0.2, 0) is 0 Å². The summed E-state index contributed by atoms with van der Waals surface area (Å²) in [5, 5.41) is 8.58. The molecule has 0 amide bonds. The predicted molar refractivity (Wildman–Crippen MR) is 179 cm³/mol. The maximum atomic E-state index is 5.03. The number of nitrogens with zero attached hydrogens (tertiary/aromatic N) is 4. The lowest BCUT2D eigenvalue weighted by Gasteiger charge is -2.13. The first-order valence-electron chi connectivity index (χ1n) is 14.7. The van der Waals surface area contributed by atoms with Gasteiger partial charge in [0.1, 0.15) is 5.65 Å². The van der Waals surface area contributed by atoms with Crippen LogP contribution < -0.4 is 0 Å². The van der Waals surface area contributed by atoms with E-state index in [2.05, 4.69) is 153 Å². The maximum absolute atomic E-state index is 5.03. The molecule has 10 aromatic rings. The lowest BCUT2D eigenvalue weighted by Crippen LogP contribution is -1.95. The van der Waals surface area contributed by atoms with Gasteiger partial charge in [0, 0.05) is 56.1 Å². The Labute approximate surface area is 246 Å². The number of hydrogen-bond donors (Lipinski definition) is 0. The number of aromatic nitrogens is 4. The molecule has 4 heterocycles. The van der Waals surface area contributed by atoms with Crippen molar-refractivity contribution >= 4 is 70.9 Å². The second-order valence-electron chi connectivity index (χ2n) is 11.2. The lowest BCUT2D eigenvalue weighted by atomic mass is 9.99. The highest BCUT2D eigenvalue weighted by molar-refractivity contribution is 6.32. The normalized spacial score (nSPS) is 12.2. The van der Waals surface area contributed by atoms with E-state index in [1.54, 1.807) is 0 Å². The van der Waals surface area contributed by atoms with Gasteiger partial charge in [-0.3, -0.25) is 4.40 Å². The zero-order valence-corrected chi connectivity index (χ0v) is 23.1. The first-order valence-corrected chi connectivity index (χ1v) is 14.7. The van der Waals surface area contributed by atoms with Crippen LogP contribution in [0.3, 0.4) is 0 Å². The van der Waals surface area contributed by atoms with Crippen molar-refractivity contribution in [3.8, 4) is 11.4 Å². The van der Waals surface area contributed by atoms with Crippen molar-refractivity contribution < 1.29 is 0 Å². The van der Waals surface area contributed by atoms with Gasteiger partial charge in [-0.05, 0) is 53.9 Å². The van der Waals surface area contributed by atoms with E-state index in [-0.39, 0.29) is 0 Å². The van der Waals surface area contributed by atoms with E-state index in [1.807, 2.05) is 6.20 Å². The van der Waals surface area contributed by atoms with Crippen LogP contribution in [0.2, 0.25) is 0 Å². The molecule has 4 aromatic heterocycles. The van der Waals surface area contributed by atoms with E-state index in [1.165, 1.54) is 65.3 Å². The average molecular weight is 549 g/mol. The molecule has 0 spiro atoms. The molecule has 10 rings (SSSR count). The summed E-state index contributed by atoms with van der Waals surface area (Å²) in [7, 11) is 0. The minimum Gasteiger partial charge on any atom is -0.309 e. The molecular weight excluding hydrogens is 524 g/mol. The summed E-state index contributed by atoms with van der Waals surface area (Å²) < 4.78 is 7.08. The quantitative estimate of drug-likeness (QED) is 0.198. The molecule has 0 unspecified atom stereocenters. The van der Waals surface area contributed by atoms with E-state index < -0.39 is 0 Å². The molecule has 0 N–H and O–H groups in total. The van der Waals surface area contributed by atoms with Crippen molar-refractivity contribution in [2.75, 3.05) is 0 Å². The molecule has 0 saturated heterocycles. The minimum absolute atomic E-state index is 0.980. The number of para-hydroxylation sites is 4. The molecule has 4 heteroatoms. The number of hydrogen-bond acceptors (Lipinski definition) is 1. The number of imidazole rings is 1. The molecule has 0 aliphatic carbocycles. The van der Waals surface area contributed by atoms with Crippen molar-refractivity contribution in [2.24, 2.45) is 0 Å². The zero-order chi connectivity index (χ0) is 28.1. The highest BCUT2D eigenvalue weighted by atomic mass is 15.0. The number of rotatable bonds is 2. The summed E-state index contributed by atoms with van der Waals surface area (Å²) in [4.78, 5) is 5.03. The molecule has 0 atom stereocenters. The van der Waals surface area contributed by atoms with Crippen molar-refractivity contribution in [3.63, 3.8) is 0 Å². The zero-order valence-electron chi connectivity index (χ0n) is 23.1. The predicted octanol–water partition coefficient (Wildman–Crippen LogP) is 9.83. The van der Waals surface area contributed by atoms with Gasteiger partial charge in [-0.2, -0.15) is 0 Å². The van der Waals surface area contributed by atoms with Gasteiger partial charge < -0.3 is 9.13 Å². The van der Waals surface area contributed by atoms with Crippen LogP contribution in [0.5, 0.6) is 0 Å². The van der Waals surface area contributed by atoms with Crippen molar-refractivity contribution in [3.05, 3.63) is 146 Å². The first kappa shape index (κ1) is 22.8. The van der Waals surface area contributed by atoms with Crippen molar-refractivity contribution in [1.82, 2.24) is 18.5 Å². The Bertz CT molecular complexity index is 2520. The van der Waals surface area contributed by atoms with Crippen LogP contribution in [0.4, 0.5) is 0 Å². The van der Waals surface area contributed by atoms with E-state index >= 15 is 0 Å². The Morgan fingerprint density at radius 3 is 1.58 bits per heavy atom. The summed E-state index contributed by atoms with van der Waals surface area (Å²) in [5.74, 6) is 0. The van der Waals surface area contributed by atoms with Crippen LogP contribution in [-0.4, -0.2) is 18.5 Å². The highest BCUT2D eigenvalue weighted by Gasteiger charge is 2.22. The van der Waals surface area contributed by atoms with Gasteiger partial charge in [0.05, 0.1) is 27.6 Å². The molecule has 0 aliphatic rings. The van der Waals surface area contributed by atoms with Gasteiger partial charge in [0.15, 0.2) is 0 Å². The molecule has 4 nitrogen and oxygen atoms in total. The van der Waals surface area contributed by atoms with Crippen LogP contribution in [0, 0.1) is 0 Å². The standard InChI is InChI=1S/C39H24N4/c1-3-11-25(12-4-1)42-31-17-9-7-15-29(31)35-33(42)21-19-27-28-20-22-34-36(38(28)41-24-23-40-39(41)37(27)35)30-16-8-10-18-32(30)43(34)26-13-5-2-6-14-26/h1-24H. The van der Waals surface area contributed by atoms with E-state index in [9.17, 15) is 0 Å². The second kappa shape index (κ2) is 8.34. The maximum Gasteiger partial charge on any atom is 0.145 e. The van der Waals surface area contributed by atoms with Gasteiger partial charge in [0.2, 0.25) is 0 Å². The first-order chi connectivity index (χ1) is 21.4. The van der Waals surface area contributed by atoms with Gasteiger partial charge in [0.25, 0.3) is 0 Å². The Balaban J connectivity index is 1.44. The Morgan fingerprint density at radius 1 is 0.395 bits per heavy atom. The summed E-state index contributed by atoms with van der Waals surface area (Å²) in [5.41, 5.74) is 9.26. The van der Waals surface area contributed by atoms with Crippen LogP contribution in [0.15, 0.2) is 146 Å². The van der Waals surface area contributed by atoms with Gasteiger partial charge in [-0.1, -0.05) is 84.9 Å². The average Bonchev–Trinajstić information content (AvgIpc) is 3.78. The monoisotopic (exact) mass is 548 g/mol. The van der Waals surface area contributed by atoms with Crippen LogP contribution in [0.1, 0.15) is 0 Å². The number of benzene rings is 6. The fourth-order valence-corrected chi connectivity index (χ4v) is 7.41. The summed E-state index contributed by atoms with van der Waals surface area (Å²) in [6.07, 6.45) is 4.07. The molecule has 0 aliphatic heterocycles. The molecule has 0 fully saturated rings. The molecule has 200 valence electrons. The van der Waals surface area contributed by atoms with Crippen LogP contribution >= 0.6 is 0 Å². The minimum atomic E-state index is 0.980. The molecule has 0 saturated carbocycles. The van der Waals surface area contributed by atoms with Crippen molar-refractivity contribution in [2.45, 2.75) is 0 Å². The van der Waals surface area contributed by atoms with E-state index in [0.29, 0.717) is 0 Å². The fourth-order valence-electron chi connectivity index (χ4n) is 7.41. The largest absolute Gasteiger partial charge is 0.309 e. The van der Waals surface area contributed by atoms with Crippen LogP contribution in [0.25, 0.3) is 82.3 Å². The van der Waals surface area contributed by atoms with Crippen molar-refractivity contribution in [1.29, 1.82) is 0 Å². The lowest BCUT2D eigenvalue weighted by molar-refractivity contribution is 1.18. The molecular formula is C39H24N4. The summed E-state index contributed by atoms with van der Waals surface area (Å²) >= 11 is 0. The number of pyridine rings is 1. The van der Waals surface area contributed by atoms with E-state index in [4.69, 9.17) is 4.98 Å². The summed E-state index contributed by atoms with van der Waals surface area (Å²) in [6, 6.07) is 48.0. The molecule has 0 bridgehead atoms. The van der Waals surface area contributed by atoms with Gasteiger partial charge in [-0.15, -0.1) is 0 Å². The van der Waals surface area contributed by atoms with Gasteiger partial charge in [-0.25, -0.2) is 4.98 Å². The fraction of sp³-hybridized carbons (Fsp3) is 0. The number of fused-ring (bicyclic) bond motifs is 14. The molecule has 0 radical (unpaired) electrons. The third-order valence-electron chi connectivity index (χ3n) is 9.07. The Hall–Kier alpha value is -5.87. The Morgan fingerprint density at radius 2 is 0.930 bits per heavy atom. The SMILES string of the molecule is c1ccc(-n2c3ccccc3c3c4c(ccc32)c2ccc3c(c5ccccc5n3-c3ccccc3)c2n2ccnc42)cc1. The van der Waals surface area contributed by atoms with Gasteiger partial charge >= 0.3 is 0 Å². The molecule has 43 heavy (non-hydrogen) atoms. The highest BCUT2D eigenvalue weighted by Crippen LogP contribution is 2.44. The Kier molecular flexibility index (Phi) is 4.42. The summed E-state index contributed by atoms with van der Waals surface area (Å²) in [6.45, 7) is 0. The van der Waals surface area contributed by atoms with E-state index in [0.717, 1.165) is 17.0 Å². The molecule has 6 aromatic carbocycles. The third-order valence-corrected chi connectivity index (χ3v) is 9.07. The second-order valence-corrected chi connectivity index (χ2v) is 11.2. The topological polar surface area (TPSA) is 27.2 Å². The third kappa shape index (κ3) is 2.92.